The molecule has 0 saturated heterocycles. The minimum atomic E-state index is -0.618. The van der Waals surface area contributed by atoms with E-state index in [-0.39, 0.29) is 11.5 Å². The maximum absolute atomic E-state index is 8.94. The number of nitrogens with zero attached hydrogens (tertiary/aromatic N) is 3. The lowest BCUT2D eigenvalue weighted by atomic mass is 9.97. The second-order valence-corrected chi connectivity index (χ2v) is 3.63. The van der Waals surface area contributed by atoms with E-state index in [1.807, 2.05) is 6.07 Å². The minimum absolute atomic E-state index is 0.109. The van der Waals surface area contributed by atoms with Gasteiger partial charge in [-0.3, -0.25) is 0 Å². The summed E-state index contributed by atoms with van der Waals surface area (Å²) in [6.07, 6.45) is 0. The molecule has 0 atom stereocenters. The summed E-state index contributed by atoms with van der Waals surface area (Å²) in [4.78, 5) is 3.04. The van der Waals surface area contributed by atoms with Crippen molar-refractivity contribution in [3.05, 3.63) is 34.0 Å². The fraction of sp³-hybridized carbons (Fsp3) is 0.364. The third kappa shape index (κ3) is 1.56. The molecule has 0 fully saturated rings. The van der Waals surface area contributed by atoms with Gasteiger partial charge in [-0.1, -0.05) is 0 Å². The van der Waals surface area contributed by atoms with E-state index in [0.717, 1.165) is 5.57 Å². The van der Waals surface area contributed by atoms with Crippen LogP contribution in [0.2, 0.25) is 0 Å². The second-order valence-electron chi connectivity index (χ2n) is 3.63. The molecular weight excluding hydrogens is 190 g/mol. The Morgan fingerprint density at radius 1 is 1.47 bits per heavy atom. The molecule has 0 unspecified atom stereocenters. The highest BCUT2D eigenvalue weighted by Gasteiger charge is 2.36. The molecule has 74 valence electrons. The van der Waals surface area contributed by atoms with Crippen LogP contribution in [0.4, 0.5) is 0 Å². The Balaban J connectivity index is 3.47. The molecule has 1 aliphatic rings. The number of nitriles is 2. The Hall–Kier alpha value is -2.25. The molecule has 0 bridgehead atoms. The molecule has 0 aliphatic carbocycles. The van der Waals surface area contributed by atoms with E-state index in [2.05, 4.69) is 4.85 Å². The third-order valence-electron chi connectivity index (χ3n) is 2.41. The first kappa shape index (κ1) is 10.8. The average Bonchev–Trinajstić information content (AvgIpc) is 2.40. The van der Waals surface area contributed by atoms with Gasteiger partial charge >= 0.3 is 5.70 Å². The molecule has 1 aliphatic heterocycles. The lowest BCUT2D eigenvalue weighted by Crippen LogP contribution is -2.20. The quantitative estimate of drug-likeness (QED) is 0.444. The summed E-state index contributed by atoms with van der Waals surface area (Å²) >= 11 is 0. The molecule has 0 N–H and O–H groups in total. The predicted molar refractivity (Wildman–Crippen MR) is 52.7 cm³/mol. The first-order valence-corrected chi connectivity index (χ1v) is 4.30. The van der Waals surface area contributed by atoms with Gasteiger partial charge in [0.05, 0.1) is 18.2 Å². The van der Waals surface area contributed by atoms with Crippen molar-refractivity contribution >= 4 is 0 Å². The predicted octanol–water partition coefficient (Wildman–Crippen LogP) is 2.29. The van der Waals surface area contributed by atoms with E-state index in [9.17, 15) is 0 Å². The van der Waals surface area contributed by atoms with Crippen LogP contribution in [0.15, 0.2) is 22.6 Å². The zero-order valence-electron chi connectivity index (χ0n) is 8.75. The van der Waals surface area contributed by atoms with Crippen molar-refractivity contribution in [3.8, 4) is 12.1 Å². The zero-order valence-corrected chi connectivity index (χ0v) is 8.75. The van der Waals surface area contributed by atoms with Gasteiger partial charge in [0.1, 0.15) is 11.7 Å². The summed E-state index contributed by atoms with van der Waals surface area (Å²) in [6.45, 7) is 12.2. The fourth-order valence-electron chi connectivity index (χ4n) is 1.28. The normalized spacial score (nSPS) is 21.1. The largest absolute Gasteiger partial charge is 0.492 e. The average molecular weight is 199 g/mol. The van der Waals surface area contributed by atoms with Crippen LogP contribution in [0.25, 0.3) is 4.85 Å². The molecular formula is C11H9N3O. The number of allylic oxidation sites excluding steroid dienone is 2. The van der Waals surface area contributed by atoms with Gasteiger partial charge in [0, 0.05) is 0 Å². The Kier molecular flexibility index (Phi) is 2.51. The standard InChI is InChI=1S/C11H9N3O/c1-7-8(5-12)10(9(6-13)14-4)15-11(7,2)3/h1-3H3/b10-9-. The van der Waals surface area contributed by atoms with Crippen molar-refractivity contribution in [1.82, 2.24) is 0 Å². The minimum Gasteiger partial charge on any atom is -0.492 e. The number of hydrogen-bond acceptors (Lipinski definition) is 3. The number of ether oxygens (including phenoxy) is 1. The summed E-state index contributed by atoms with van der Waals surface area (Å²) in [7, 11) is 0. The summed E-state index contributed by atoms with van der Waals surface area (Å²) in [5.74, 6) is 0.109. The van der Waals surface area contributed by atoms with Gasteiger partial charge < -0.3 is 4.74 Å². The molecule has 0 radical (unpaired) electrons. The van der Waals surface area contributed by atoms with Crippen molar-refractivity contribution in [2.24, 2.45) is 0 Å². The van der Waals surface area contributed by atoms with Crippen LogP contribution in [-0.4, -0.2) is 5.60 Å². The highest BCUT2D eigenvalue weighted by atomic mass is 16.5. The molecule has 0 aromatic heterocycles. The van der Waals surface area contributed by atoms with Gasteiger partial charge in [-0.15, -0.1) is 0 Å². The molecule has 15 heavy (non-hydrogen) atoms. The first-order chi connectivity index (χ1) is 6.97. The van der Waals surface area contributed by atoms with Crippen molar-refractivity contribution in [2.75, 3.05) is 0 Å². The summed E-state index contributed by atoms with van der Waals surface area (Å²) in [5.41, 5.74) is 0.258. The summed E-state index contributed by atoms with van der Waals surface area (Å²) < 4.78 is 5.46. The Morgan fingerprint density at radius 3 is 2.47 bits per heavy atom. The van der Waals surface area contributed by atoms with E-state index < -0.39 is 5.60 Å². The van der Waals surface area contributed by atoms with E-state index in [1.165, 1.54) is 0 Å². The van der Waals surface area contributed by atoms with Gasteiger partial charge in [-0.25, -0.2) is 10.1 Å². The second kappa shape index (κ2) is 3.48. The molecule has 0 aromatic carbocycles. The van der Waals surface area contributed by atoms with Crippen LogP contribution in [0, 0.1) is 29.2 Å². The fourth-order valence-corrected chi connectivity index (χ4v) is 1.28. The molecule has 0 spiro atoms. The van der Waals surface area contributed by atoms with Gasteiger partial charge in [0.25, 0.3) is 0 Å². The summed E-state index contributed by atoms with van der Waals surface area (Å²) in [6, 6.07) is 3.70. The molecule has 0 amide bonds. The molecule has 4 nitrogen and oxygen atoms in total. The molecule has 0 aromatic rings. The van der Waals surface area contributed by atoms with Gasteiger partial charge in [0.2, 0.25) is 0 Å². The van der Waals surface area contributed by atoms with Crippen molar-refractivity contribution in [2.45, 2.75) is 26.4 Å². The van der Waals surface area contributed by atoms with Crippen LogP contribution in [0.5, 0.6) is 0 Å². The Bertz CT molecular complexity index is 473. The van der Waals surface area contributed by atoms with Crippen LogP contribution in [0.3, 0.4) is 0 Å². The van der Waals surface area contributed by atoms with Crippen LogP contribution >= 0.6 is 0 Å². The Morgan fingerprint density at radius 2 is 2.07 bits per heavy atom. The SMILES string of the molecule is [C-]#[N+]/C(C#N)=C1\OC(C)(C)C(C)=C1C#N. The zero-order chi connectivity index (χ0) is 11.6. The third-order valence-corrected chi connectivity index (χ3v) is 2.41. The van der Waals surface area contributed by atoms with Crippen molar-refractivity contribution < 1.29 is 4.74 Å². The number of hydrogen-bond donors (Lipinski definition) is 0. The summed E-state index contributed by atoms with van der Waals surface area (Å²) in [5, 5.41) is 17.7. The molecule has 0 saturated carbocycles. The highest BCUT2D eigenvalue weighted by molar-refractivity contribution is 5.54. The lowest BCUT2D eigenvalue weighted by Gasteiger charge is -2.20. The maximum Gasteiger partial charge on any atom is 0.304 e. The van der Waals surface area contributed by atoms with Crippen LogP contribution in [0.1, 0.15) is 20.8 Å². The molecule has 4 heteroatoms. The molecule has 1 rings (SSSR count). The maximum atomic E-state index is 8.94. The Labute approximate surface area is 88.5 Å². The topological polar surface area (TPSA) is 61.2 Å². The van der Waals surface area contributed by atoms with Crippen LogP contribution in [-0.2, 0) is 4.74 Å². The smallest absolute Gasteiger partial charge is 0.304 e. The number of rotatable bonds is 0. The van der Waals surface area contributed by atoms with Gasteiger partial charge in [-0.05, 0) is 26.3 Å². The van der Waals surface area contributed by atoms with Gasteiger partial charge in [-0.2, -0.15) is 5.26 Å². The van der Waals surface area contributed by atoms with Gasteiger partial charge in [0.15, 0.2) is 5.76 Å². The lowest BCUT2D eigenvalue weighted by molar-refractivity contribution is 0.0926. The monoisotopic (exact) mass is 199 g/mol. The van der Waals surface area contributed by atoms with E-state index in [0.29, 0.717) is 5.57 Å². The van der Waals surface area contributed by atoms with E-state index in [4.69, 9.17) is 21.8 Å². The first-order valence-electron chi connectivity index (χ1n) is 4.30. The van der Waals surface area contributed by atoms with E-state index >= 15 is 0 Å². The van der Waals surface area contributed by atoms with Crippen molar-refractivity contribution in [3.63, 3.8) is 0 Å². The molecule has 1 heterocycles. The van der Waals surface area contributed by atoms with E-state index in [1.54, 1.807) is 26.8 Å². The van der Waals surface area contributed by atoms with Crippen molar-refractivity contribution in [1.29, 1.82) is 10.5 Å². The highest BCUT2D eigenvalue weighted by Crippen LogP contribution is 2.39. The van der Waals surface area contributed by atoms with Crippen LogP contribution < -0.4 is 0 Å².